The second kappa shape index (κ2) is 8.82. The molecule has 5 heavy (non-hydrogen) atoms. The van der Waals surface area contributed by atoms with Gasteiger partial charge in [-0.25, -0.2) is 0 Å². The molecule has 3 heteroatoms. The quantitative estimate of drug-likeness (QED) is 0.362. The van der Waals surface area contributed by atoms with Gasteiger partial charge in [-0.3, -0.25) is 0 Å². The van der Waals surface area contributed by atoms with Crippen molar-refractivity contribution >= 4 is 25.2 Å². The average molecular weight is 87.9 g/mol. The molecule has 1 N–H and O–H groups in total. The van der Waals surface area contributed by atoms with Crippen LogP contribution in [0.15, 0.2) is 0 Å². The third kappa shape index (κ3) is 12.3. The van der Waals surface area contributed by atoms with E-state index in [1.165, 1.54) is 0 Å². The highest BCUT2D eigenvalue weighted by Crippen LogP contribution is 1.56. The standard InChI is InChI=1S/C2H7BO.Al.3H/c3-1-2-4;;;;/h4H,1-3H2;;;;. The van der Waals surface area contributed by atoms with Crippen LogP contribution in [0, 0.1) is 0 Å². The highest BCUT2D eigenvalue weighted by atomic mass is 27.0. The van der Waals surface area contributed by atoms with Crippen molar-refractivity contribution in [2.24, 2.45) is 0 Å². The lowest BCUT2D eigenvalue weighted by molar-refractivity contribution is 0.319. The van der Waals surface area contributed by atoms with Gasteiger partial charge in [-0.05, 0) is 0 Å². The minimum atomic E-state index is 0. The summed E-state index contributed by atoms with van der Waals surface area (Å²) in [6, 6.07) is 0. The van der Waals surface area contributed by atoms with Gasteiger partial charge in [0.15, 0.2) is 17.4 Å². The molecule has 0 spiro atoms. The van der Waals surface area contributed by atoms with Crippen molar-refractivity contribution in [3.05, 3.63) is 0 Å². The van der Waals surface area contributed by atoms with E-state index in [0.717, 1.165) is 6.32 Å². The molecule has 0 radical (unpaired) electrons. The largest absolute Gasteiger partial charge is 0.397 e. The number of hydrogen-bond acceptors (Lipinski definition) is 1. The molecule has 0 aromatic carbocycles. The second-order valence-electron chi connectivity index (χ2n) is 0.724. The summed E-state index contributed by atoms with van der Waals surface area (Å²) in [5.41, 5.74) is 0. The van der Waals surface area contributed by atoms with Crippen molar-refractivity contribution in [1.29, 1.82) is 0 Å². The lowest BCUT2D eigenvalue weighted by Crippen LogP contribution is -1.73. The van der Waals surface area contributed by atoms with E-state index in [9.17, 15) is 0 Å². The molecule has 0 aliphatic carbocycles. The molecule has 0 aromatic rings. The lowest BCUT2D eigenvalue weighted by atomic mass is 10.1. The first-order valence-corrected chi connectivity index (χ1v) is 1.52. The number of aliphatic hydroxyl groups is 1. The zero-order valence-corrected chi connectivity index (χ0v) is 2.86. The molecule has 30 valence electrons. The first-order chi connectivity index (χ1) is 1.91. The number of rotatable bonds is 1. The molecule has 0 saturated heterocycles. The van der Waals surface area contributed by atoms with E-state index < -0.39 is 0 Å². The maximum Gasteiger partial charge on any atom is 0.187 e. The van der Waals surface area contributed by atoms with Gasteiger partial charge < -0.3 is 5.11 Å². The van der Waals surface area contributed by atoms with Gasteiger partial charge in [0.05, 0.1) is 0 Å². The Kier molecular flexibility index (Phi) is 16.1. The Morgan fingerprint density at radius 3 is 1.80 bits per heavy atom. The van der Waals surface area contributed by atoms with Crippen LogP contribution in [0.25, 0.3) is 0 Å². The topological polar surface area (TPSA) is 20.2 Å². The third-order valence-electron chi connectivity index (χ3n) is 0.224. The normalized spacial score (nSPS) is 5.80. The van der Waals surface area contributed by atoms with Crippen molar-refractivity contribution in [1.82, 2.24) is 0 Å². The van der Waals surface area contributed by atoms with Crippen LogP contribution in [-0.4, -0.2) is 36.9 Å². The van der Waals surface area contributed by atoms with Crippen molar-refractivity contribution in [3.8, 4) is 0 Å². The van der Waals surface area contributed by atoms with Gasteiger partial charge in [0, 0.05) is 6.61 Å². The van der Waals surface area contributed by atoms with E-state index in [1.807, 2.05) is 7.85 Å². The van der Waals surface area contributed by atoms with Crippen molar-refractivity contribution < 1.29 is 5.11 Å². The monoisotopic (exact) mass is 88.1 g/mol. The van der Waals surface area contributed by atoms with Crippen LogP contribution in [0.5, 0.6) is 0 Å². The van der Waals surface area contributed by atoms with Gasteiger partial charge in [0.2, 0.25) is 0 Å². The maximum absolute atomic E-state index is 7.88. The van der Waals surface area contributed by atoms with Crippen molar-refractivity contribution in [2.75, 3.05) is 6.61 Å². The molecule has 0 heterocycles. The molecular formula is C2H10AlBO. The fourth-order valence-corrected chi connectivity index (χ4v) is 0. The summed E-state index contributed by atoms with van der Waals surface area (Å²) in [7, 11) is 1.93. The molecule has 0 aromatic heterocycles. The highest BCUT2D eigenvalue weighted by Gasteiger charge is 1.58. The molecule has 0 amide bonds. The number of aliphatic hydroxyl groups excluding tert-OH is 1. The minimum absolute atomic E-state index is 0. The van der Waals surface area contributed by atoms with Gasteiger partial charge in [0.1, 0.15) is 7.85 Å². The van der Waals surface area contributed by atoms with Crippen LogP contribution in [0.1, 0.15) is 0 Å². The Bertz CT molecular complexity index is 11.6. The second-order valence-corrected chi connectivity index (χ2v) is 0.724. The third-order valence-corrected chi connectivity index (χ3v) is 0.224. The summed E-state index contributed by atoms with van der Waals surface area (Å²) in [6.07, 6.45) is 0.875. The van der Waals surface area contributed by atoms with Crippen LogP contribution in [0.3, 0.4) is 0 Å². The van der Waals surface area contributed by atoms with E-state index in [2.05, 4.69) is 0 Å². The molecule has 0 fully saturated rings. The number of hydrogen-bond donors (Lipinski definition) is 1. The molecule has 0 aliphatic heterocycles. The van der Waals surface area contributed by atoms with E-state index in [1.54, 1.807) is 0 Å². The smallest absolute Gasteiger partial charge is 0.187 e. The SMILES string of the molecule is BCCO.[AlH3]. The maximum atomic E-state index is 7.88. The first kappa shape index (κ1) is 9.12. The predicted octanol–water partition coefficient (Wildman–Crippen LogP) is -2.15. The van der Waals surface area contributed by atoms with Crippen LogP contribution < -0.4 is 0 Å². The Hall–Kier alpha value is 0.557. The Morgan fingerprint density at radius 1 is 1.60 bits per heavy atom. The first-order valence-electron chi connectivity index (χ1n) is 1.52. The molecule has 0 saturated carbocycles. The zero-order valence-electron chi connectivity index (χ0n) is 2.86. The van der Waals surface area contributed by atoms with E-state index in [-0.39, 0.29) is 17.4 Å². The van der Waals surface area contributed by atoms with E-state index >= 15 is 0 Å². The lowest BCUT2D eigenvalue weighted by Gasteiger charge is -1.68. The summed E-state index contributed by atoms with van der Waals surface area (Å²) in [5, 5.41) is 7.88. The molecule has 0 aliphatic rings. The van der Waals surface area contributed by atoms with Crippen LogP contribution in [0.2, 0.25) is 6.32 Å². The van der Waals surface area contributed by atoms with Gasteiger partial charge in [0.25, 0.3) is 0 Å². The average Bonchev–Trinajstić information content (AvgIpc) is 1.37. The van der Waals surface area contributed by atoms with Crippen LogP contribution >= 0.6 is 0 Å². The summed E-state index contributed by atoms with van der Waals surface area (Å²) in [5.74, 6) is 0. The Balaban J connectivity index is 0. The van der Waals surface area contributed by atoms with Gasteiger partial charge in [-0.15, -0.1) is 0 Å². The van der Waals surface area contributed by atoms with Crippen molar-refractivity contribution in [3.63, 3.8) is 0 Å². The zero-order chi connectivity index (χ0) is 3.41. The molecule has 0 unspecified atom stereocenters. The molecule has 0 rings (SSSR count). The van der Waals surface area contributed by atoms with Gasteiger partial charge >= 0.3 is 0 Å². The van der Waals surface area contributed by atoms with Gasteiger partial charge in [-0.2, -0.15) is 0 Å². The molecule has 1 nitrogen and oxygen atoms in total. The van der Waals surface area contributed by atoms with Gasteiger partial charge in [-0.1, -0.05) is 6.32 Å². The Morgan fingerprint density at radius 2 is 1.80 bits per heavy atom. The summed E-state index contributed by atoms with van der Waals surface area (Å²) in [6.45, 7) is 0.319. The Labute approximate surface area is 43.9 Å². The fraction of sp³-hybridized carbons (Fsp3) is 1.00. The van der Waals surface area contributed by atoms with E-state index in [4.69, 9.17) is 5.11 Å². The van der Waals surface area contributed by atoms with Crippen molar-refractivity contribution in [2.45, 2.75) is 6.32 Å². The minimum Gasteiger partial charge on any atom is -0.397 e. The molecular weight excluding hydrogens is 77.8 g/mol. The highest BCUT2D eigenvalue weighted by molar-refractivity contribution is 6.08. The summed E-state index contributed by atoms with van der Waals surface area (Å²) < 4.78 is 0. The predicted molar refractivity (Wildman–Crippen MR) is 30.4 cm³/mol. The van der Waals surface area contributed by atoms with Crippen LogP contribution in [-0.2, 0) is 0 Å². The summed E-state index contributed by atoms with van der Waals surface area (Å²) >= 11 is 0. The molecule has 0 atom stereocenters. The molecule has 0 bridgehead atoms. The van der Waals surface area contributed by atoms with Crippen LogP contribution in [0.4, 0.5) is 0 Å². The van der Waals surface area contributed by atoms with E-state index in [0.29, 0.717) is 6.61 Å². The fourth-order valence-electron chi connectivity index (χ4n) is 0. The summed E-state index contributed by atoms with van der Waals surface area (Å²) in [4.78, 5) is 0.